The molecule has 3 heteroatoms. The number of likely N-dealkylation sites (tertiary alicyclic amines) is 1. The van der Waals surface area contributed by atoms with Crippen LogP contribution in [0.2, 0.25) is 0 Å². The van der Waals surface area contributed by atoms with Gasteiger partial charge < -0.3 is 4.90 Å². The molecule has 1 fully saturated rings. The first-order valence-corrected chi connectivity index (χ1v) is 3.91. The number of rotatable bonds is 1. The molecule has 1 saturated heterocycles. The van der Waals surface area contributed by atoms with Gasteiger partial charge in [-0.2, -0.15) is 0 Å². The fourth-order valence-corrected chi connectivity index (χ4v) is 1.22. The smallest absolute Gasteiger partial charge is 0.330 e. The molecule has 0 radical (unpaired) electrons. The zero-order valence-electron chi connectivity index (χ0n) is 7.68. The monoisotopic (exact) mass is 183 g/mol. The average Bonchev–Trinajstić information content (AvgIpc) is 1.88. The summed E-state index contributed by atoms with van der Waals surface area (Å²) in [4.78, 5) is 2.27. The molecule has 1 atom stereocenters. The van der Waals surface area contributed by atoms with Crippen molar-refractivity contribution in [3.63, 3.8) is 0 Å². The van der Waals surface area contributed by atoms with Gasteiger partial charge >= 0.3 is 51.4 Å². The predicted molar refractivity (Wildman–Crippen MR) is 40.5 cm³/mol. The van der Waals surface area contributed by atoms with E-state index in [9.17, 15) is 4.39 Å². The van der Waals surface area contributed by atoms with Crippen LogP contribution in [0, 0.1) is 6.42 Å². The van der Waals surface area contributed by atoms with Crippen LogP contribution in [0.5, 0.6) is 0 Å². The number of nitrogens with zero attached hydrogens (tertiary/aromatic N) is 1. The van der Waals surface area contributed by atoms with E-state index in [2.05, 4.69) is 18.7 Å². The first-order chi connectivity index (χ1) is 4.70. The maximum Gasteiger partial charge on any atom is 1.00 e. The van der Waals surface area contributed by atoms with Crippen molar-refractivity contribution in [2.75, 3.05) is 13.1 Å². The summed E-state index contributed by atoms with van der Waals surface area (Å²) in [7, 11) is 0. The molecule has 0 aromatic carbocycles. The van der Waals surface area contributed by atoms with Crippen molar-refractivity contribution in [2.45, 2.75) is 32.5 Å². The Morgan fingerprint density at radius 2 is 2.18 bits per heavy atom. The van der Waals surface area contributed by atoms with Crippen LogP contribution in [0.1, 0.15) is 20.3 Å². The van der Waals surface area contributed by atoms with Crippen molar-refractivity contribution in [1.82, 2.24) is 4.90 Å². The van der Waals surface area contributed by atoms with Crippen LogP contribution in [0.3, 0.4) is 0 Å². The summed E-state index contributed by atoms with van der Waals surface area (Å²) >= 11 is 0. The van der Waals surface area contributed by atoms with Crippen molar-refractivity contribution in [1.29, 1.82) is 0 Å². The van der Waals surface area contributed by atoms with E-state index in [4.69, 9.17) is 0 Å². The molecule has 60 valence electrons. The Kier molecular flexibility index (Phi) is 6.89. The summed E-state index contributed by atoms with van der Waals surface area (Å²) in [6.45, 7) is 6.02. The van der Waals surface area contributed by atoms with E-state index in [-0.39, 0.29) is 51.4 Å². The van der Waals surface area contributed by atoms with Gasteiger partial charge in [-0.3, -0.25) is 10.8 Å². The molecule has 1 aliphatic rings. The number of alkyl halides is 1. The summed E-state index contributed by atoms with van der Waals surface area (Å²) in [6, 6.07) is 0.559. The molecule has 0 amide bonds. The fourth-order valence-electron chi connectivity index (χ4n) is 1.22. The molecule has 0 aromatic rings. The van der Waals surface area contributed by atoms with Crippen molar-refractivity contribution >= 4 is 0 Å². The molecular weight excluding hydrogens is 168 g/mol. The molecule has 1 unspecified atom stereocenters. The molecule has 0 aliphatic carbocycles. The Labute approximate surface area is 111 Å². The number of hydrogen-bond acceptors (Lipinski definition) is 1. The Morgan fingerprint density at radius 3 is 2.55 bits per heavy atom. The Hall–Kier alpha value is 1.53. The maximum atomic E-state index is 12.5. The maximum absolute atomic E-state index is 12.5. The zero-order chi connectivity index (χ0) is 7.56. The van der Waals surface area contributed by atoms with Gasteiger partial charge in [0, 0.05) is 6.04 Å². The largest absolute Gasteiger partial charge is 1.00 e. The minimum Gasteiger partial charge on any atom is -0.330 e. The number of halogens is 1. The topological polar surface area (TPSA) is 3.24 Å². The second-order valence-corrected chi connectivity index (χ2v) is 3.13. The predicted octanol–water partition coefficient (Wildman–Crippen LogP) is -1.35. The molecule has 0 saturated carbocycles. The molecule has 1 heterocycles. The number of hydrogen-bond donors (Lipinski definition) is 0. The van der Waals surface area contributed by atoms with E-state index in [1.165, 1.54) is 0 Å². The molecule has 1 rings (SSSR count). The minimum atomic E-state index is -0.657. The van der Waals surface area contributed by atoms with E-state index in [1.807, 2.05) is 0 Å². The fraction of sp³-hybridized carbons (Fsp3) is 0.875. The van der Waals surface area contributed by atoms with Crippen LogP contribution >= 0.6 is 0 Å². The van der Waals surface area contributed by atoms with Crippen LogP contribution in [0.15, 0.2) is 0 Å². The van der Waals surface area contributed by atoms with Gasteiger partial charge in [0.25, 0.3) is 0 Å². The second kappa shape index (κ2) is 6.05. The summed E-state index contributed by atoms with van der Waals surface area (Å²) in [5.41, 5.74) is 0. The third-order valence-electron chi connectivity index (χ3n) is 2.02. The van der Waals surface area contributed by atoms with E-state index in [1.54, 1.807) is 6.42 Å². The molecule has 0 spiro atoms. The Morgan fingerprint density at radius 1 is 1.55 bits per heavy atom. The summed E-state index contributed by atoms with van der Waals surface area (Å²) < 4.78 is 12.5. The van der Waals surface area contributed by atoms with Crippen molar-refractivity contribution in [2.24, 2.45) is 0 Å². The molecule has 0 bridgehead atoms. The molecule has 0 N–H and O–H groups in total. The van der Waals surface area contributed by atoms with Crippen LogP contribution in [0.25, 0.3) is 0 Å². The van der Waals surface area contributed by atoms with Crippen LogP contribution in [0.4, 0.5) is 4.39 Å². The Bertz CT molecular complexity index is 100. The molecule has 11 heavy (non-hydrogen) atoms. The van der Waals surface area contributed by atoms with Crippen molar-refractivity contribution < 1.29 is 55.8 Å². The van der Waals surface area contributed by atoms with Gasteiger partial charge in [0.05, 0.1) is 0 Å². The second-order valence-electron chi connectivity index (χ2n) is 3.13. The molecular formula is C8H15FKN. The third-order valence-corrected chi connectivity index (χ3v) is 2.02. The third kappa shape index (κ3) is 4.34. The molecule has 1 aliphatic heterocycles. The summed E-state index contributed by atoms with van der Waals surface area (Å²) in [5.74, 6) is 0. The summed E-state index contributed by atoms with van der Waals surface area (Å²) in [6.07, 6.45) is 1.77. The molecule has 1 nitrogen and oxygen atoms in total. The Balaban J connectivity index is 0.000001000. The van der Waals surface area contributed by atoms with Gasteiger partial charge in [0.1, 0.15) is 0 Å². The van der Waals surface area contributed by atoms with E-state index < -0.39 is 6.17 Å². The summed E-state index contributed by atoms with van der Waals surface area (Å²) in [5, 5.41) is 0. The van der Waals surface area contributed by atoms with E-state index in [0.29, 0.717) is 12.5 Å². The molecule has 0 aromatic heterocycles. The minimum absolute atomic E-state index is 0. The number of piperidine rings is 1. The van der Waals surface area contributed by atoms with Crippen molar-refractivity contribution in [3.8, 4) is 0 Å². The van der Waals surface area contributed by atoms with E-state index in [0.717, 1.165) is 13.1 Å². The first-order valence-electron chi connectivity index (χ1n) is 3.91. The zero-order valence-corrected chi connectivity index (χ0v) is 10.8. The van der Waals surface area contributed by atoms with Gasteiger partial charge in [0.2, 0.25) is 0 Å². The average molecular weight is 183 g/mol. The van der Waals surface area contributed by atoms with Crippen LogP contribution in [-0.2, 0) is 0 Å². The van der Waals surface area contributed by atoms with Gasteiger partial charge in [-0.25, -0.2) is 0 Å². The van der Waals surface area contributed by atoms with Gasteiger partial charge in [-0.05, 0) is 33.0 Å². The van der Waals surface area contributed by atoms with E-state index >= 15 is 0 Å². The quantitative estimate of drug-likeness (QED) is 0.359. The standard InChI is InChI=1S/C8H15FN.K/c1-7(2)10-5-3-8(9)4-6-10;/h3,7-8H,4-6H2,1-2H3;/q-1;+1. The van der Waals surface area contributed by atoms with Crippen LogP contribution < -0.4 is 51.4 Å². The van der Waals surface area contributed by atoms with Crippen molar-refractivity contribution in [3.05, 3.63) is 6.42 Å². The van der Waals surface area contributed by atoms with Gasteiger partial charge in [-0.15, -0.1) is 6.54 Å². The van der Waals surface area contributed by atoms with Gasteiger partial charge in [-0.1, -0.05) is 0 Å². The normalized spacial score (nSPS) is 26.7. The van der Waals surface area contributed by atoms with Gasteiger partial charge in [0.15, 0.2) is 0 Å². The van der Waals surface area contributed by atoms with Crippen LogP contribution in [-0.4, -0.2) is 30.2 Å². The SMILES string of the molecule is CC(C)N1C[CH-]C(F)CC1.[K+]. The first kappa shape index (κ1) is 12.5.